The Labute approximate surface area is 106 Å². The minimum atomic E-state index is 0.421. The van der Waals surface area contributed by atoms with Crippen LogP contribution in [0.3, 0.4) is 0 Å². The van der Waals surface area contributed by atoms with Crippen LogP contribution in [0, 0.1) is 13.8 Å². The SMILES string of the molecule is CC.Cc1ccc(C2CCCC(N)C2)c(C)c1. The largest absolute Gasteiger partial charge is 0.328 e. The van der Waals surface area contributed by atoms with E-state index in [0.717, 1.165) is 0 Å². The smallest absolute Gasteiger partial charge is 0.00446 e. The summed E-state index contributed by atoms with van der Waals surface area (Å²) in [6.07, 6.45) is 4.99. The Balaban J connectivity index is 0.000000686. The third-order valence-electron chi connectivity index (χ3n) is 3.58. The van der Waals surface area contributed by atoms with E-state index in [2.05, 4.69) is 32.0 Å². The minimum Gasteiger partial charge on any atom is -0.328 e. The van der Waals surface area contributed by atoms with E-state index >= 15 is 0 Å². The topological polar surface area (TPSA) is 26.0 Å². The van der Waals surface area contributed by atoms with Crippen molar-refractivity contribution in [3.8, 4) is 0 Å². The maximum atomic E-state index is 6.04. The normalized spacial score (nSPS) is 23.8. The first kappa shape index (κ1) is 14.2. The second-order valence-corrected chi connectivity index (χ2v) is 4.98. The molecule has 1 aliphatic carbocycles. The van der Waals surface area contributed by atoms with Gasteiger partial charge in [-0.2, -0.15) is 0 Å². The van der Waals surface area contributed by atoms with Gasteiger partial charge in [-0.05, 0) is 50.2 Å². The zero-order valence-electron chi connectivity index (χ0n) is 11.8. The van der Waals surface area contributed by atoms with Crippen molar-refractivity contribution in [2.75, 3.05) is 0 Å². The van der Waals surface area contributed by atoms with Gasteiger partial charge in [0.15, 0.2) is 0 Å². The molecule has 0 amide bonds. The predicted octanol–water partition coefficient (Wildman–Crippen LogP) is 4.31. The summed E-state index contributed by atoms with van der Waals surface area (Å²) in [5.41, 5.74) is 10.4. The van der Waals surface area contributed by atoms with E-state index in [9.17, 15) is 0 Å². The van der Waals surface area contributed by atoms with Crippen LogP contribution in [0.25, 0.3) is 0 Å². The molecule has 0 spiro atoms. The van der Waals surface area contributed by atoms with E-state index in [0.29, 0.717) is 12.0 Å². The molecule has 1 heteroatoms. The molecular weight excluding hydrogens is 206 g/mol. The van der Waals surface area contributed by atoms with Crippen LogP contribution in [0.1, 0.15) is 62.1 Å². The van der Waals surface area contributed by atoms with Gasteiger partial charge < -0.3 is 5.73 Å². The number of hydrogen-bond acceptors (Lipinski definition) is 1. The molecule has 1 nitrogen and oxygen atoms in total. The molecule has 0 heterocycles. The average Bonchev–Trinajstić information content (AvgIpc) is 2.31. The lowest BCUT2D eigenvalue weighted by Crippen LogP contribution is -2.27. The van der Waals surface area contributed by atoms with E-state index in [1.807, 2.05) is 13.8 Å². The summed E-state index contributed by atoms with van der Waals surface area (Å²) in [7, 11) is 0. The van der Waals surface area contributed by atoms with E-state index in [4.69, 9.17) is 5.73 Å². The molecule has 2 rings (SSSR count). The average molecular weight is 233 g/mol. The fourth-order valence-electron chi connectivity index (χ4n) is 2.79. The monoisotopic (exact) mass is 233 g/mol. The molecule has 96 valence electrons. The highest BCUT2D eigenvalue weighted by atomic mass is 14.6. The van der Waals surface area contributed by atoms with Crippen LogP contribution < -0.4 is 5.73 Å². The third-order valence-corrected chi connectivity index (χ3v) is 3.58. The van der Waals surface area contributed by atoms with Crippen molar-refractivity contribution in [1.82, 2.24) is 0 Å². The molecule has 1 aromatic rings. The number of aryl methyl sites for hydroxylation is 2. The van der Waals surface area contributed by atoms with Crippen LogP contribution in [0.4, 0.5) is 0 Å². The molecule has 1 aromatic carbocycles. The highest BCUT2D eigenvalue weighted by Gasteiger charge is 2.21. The molecular formula is C16H27N. The Morgan fingerprint density at radius 1 is 1.12 bits per heavy atom. The fraction of sp³-hybridized carbons (Fsp3) is 0.625. The first-order valence-corrected chi connectivity index (χ1v) is 6.99. The van der Waals surface area contributed by atoms with Crippen molar-refractivity contribution in [2.45, 2.75) is 65.3 Å². The van der Waals surface area contributed by atoms with Gasteiger partial charge in [-0.3, -0.25) is 0 Å². The van der Waals surface area contributed by atoms with Crippen molar-refractivity contribution < 1.29 is 0 Å². The Bertz CT molecular complexity index is 343. The Morgan fingerprint density at radius 3 is 2.41 bits per heavy atom. The lowest BCUT2D eigenvalue weighted by Gasteiger charge is -2.28. The lowest BCUT2D eigenvalue weighted by atomic mass is 9.80. The molecule has 1 fully saturated rings. The summed E-state index contributed by atoms with van der Waals surface area (Å²) in [6.45, 7) is 8.38. The Hall–Kier alpha value is -0.820. The maximum Gasteiger partial charge on any atom is 0.00446 e. The highest BCUT2D eigenvalue weighted by molar-refractivity contribution is 5.33. The Morgan fingerprint density at radius 2 is 1.82 bits per heavy atom. The first-order chi connectivity index (χ1) is 8.16. The van der Waals surface area contributed by atoms with Crippen LogP contribution in [0.2, 0.25) is 0 Å². The third kappa shape index (κ3) is 3.85. The second kappa shape index (κ2) is 6.80. The van der Waals surface area contributed by atoms with Gasteiger partial charge >= 0.3 is 0 Å². The van der Waals surface area contributed by atoms with Gasteiger partial charge in [-0.1, -0.05) is 44.0 Å². The molecule has 0 aromatic heterocycles. The van der Waals surface area contributed by atoms with E-state index < -0.39 is 0 Å². The van der Waals surface area contributed by atoms with Crippen molar-refractivity contribution in [3.05, 3.63) is 34.9 Å². The predicted molar refractivity (Wildman–Crippen MR) is 76.4 cm³/mol. The summed E-state index contributed by atoms with van der Waals surface area (Å²) >= 11 is 0. The minimum absolute atomic E-state index is 0.421. The van der Waals surface area contributed by atoms with Gasteiger partial charge in [0.05, 0.1) is 0 Å². The fourth-order valence-corrected chi connectivity index (χ4v) is 2.79. The molecule has 2 N–H and O–H groups in total. The van der Waals surface area contributed by atoms with E-state index in [1.54, 1.807) is 0 Å². The van der Waals surface area contributed by atoms with Gasteiger partial charge in [0.1, 0.15) is 0 Å². The molecule has 0 aliphatic heterocycles. The molecule has 0 radical (unpaired) electrons. The van der Waals surface area contributed by atoms with E-state index in [-0.39, 0.29) is 0 Å². The van der Waals surface area contributed by atoms with Gasteiger partial charge in [0, 0.05) is 6.04 Å². The summed E-state index contributed by atoms with van der Waals surface area (Å²) in [5, 5.41) is 0. The zero-order chi connectivity index (χ0) is 12.8. The quantitative estimate of drug-likeness (QED) is 0.768. The van der Waals surface area contributed by atoms with Crippen molar-refractivity contribution in [1.29, 1.82) is 0 Å². The summed E-state index contributed by atoms with van der Waals surface area (Å²) in [6, 6.07) is 7.23. The summed E-state index contributed by atoms with van der Waals surface area (Å²) in [5.74, 6) is 0.703. The number of rotatable bonds is 1. The van der Waals surface area contributed by atoms with Gasteiger partial charge in [0.2, 0.25) is 0 Å². The first-order valence-electron chi connectivity index (χ1n) is 6.99. The van der Waals surface area contributed by atoms with Gasteiger partial charge in [0.25, 0.3) is 0 Å². The molecule has 1 saturated carbocycles. The number of hydrogen-bond donors (Lipinski definition) is 1. The molecule has 2 unspecified atom stereocenters. The Kier molecular flexibility index (Phi) is 5.70. The summed E-state index contributed by atoms with van der Waals surface area (Å²) < 4.78 is 0. The van der Waals surface area contributed by atoms with Crippen LogP contribution in [-0.4, -0.2) is 6.04 Å². The van der Waals surface area contributed by atoms with Crippen LogP contribution in [-0.2, 0) is 0 Å². The highest BCUT2D eigenvalue weighted by Crippen LogP contribution is 2.33. The standard InChI is InChI=1S/C14H21N.C2H6/c1-10-6-7-14(11(2)8-10)12-4-3-5-13(15)9-12;1-2/h6-8,12-13H,3-5,9,15H2,1-2H3;1-2H3. The maximum absolute atomic E-state index is 6.04. The van der Waals surface area contributed by atoms with Crippen molar-refractivity contribution >= 4 is 0 Å². The van der Waals surface area contributed by atoms with Gasteiger partial charge in [-0.15, -0.1) is 0 Å². The molecule has 1 aliphatic rings. The number of nitrogens with two attached hydrogens (primary N) is 1. The number of benzene rings is 1. The lowest BCUT2D eigenvalue weighted by molar-refractivity contribution is 0.392. The van der Waals surface area contributed by atoms with Crippen molar-refractivity contribution in [2.24, 2.45) is 5.73 Å². The summed E-state index contributed by atoms with van der Waals surface area (Å²) in [4.78, 5) is 0. The zero-order valence-corrected chi connectivity index (χ0v) is 11.8. The molecule has 2 atom stereocenters. The molecule has 0 bridgehead atoms. The van der Waals surface area contributed by atoms with Crippen LogP contribution >= 0.6 is 0 Å². The molecule has 17 heavy (non-hydrogen) atoms. The van der Waals surface area contributed by atoms with Crippen molar-refractivity contribution in [3.63, 3.8) is 0 Å². The van der Waals surface area contributed by atoms with Gasteiger partial charge in [-0.25, -0.2) is 0 Å². The van der Waals surface area contributed by atoms with E-state index in [1.165, 1.54) is 42.4 Å². The second-order valence-electron chi connectivity index (χ2n) is 4.98. The van der Waals surface area contributed by atoms with Crippen LogP contribution in [0.5, 0.6) is 0 Å². The van der Waals surface area contributed by atoms with Crippen LogP contribution in [0.15, 0.2) is 18.2 Å². The molecule has 0 saturated heterocycles.